The van der Waals surface area contributed by atoms with E-state index in [-0.39, 0.29) is 11.5 Å². The van der Waals surface area contributed by atoms with Crippen LogP contribution in [0.1, 0.15) is 37.7 Å². The van der Waals surface area contributed by atoms with Crippen LogP contribution in [0.2, 0.25) is 0 Å². The van der Waals surface area contributed by atoms with Crippen LogP contribution in [-0.4, -0.2) is 52.2 Å². The average Bonchev–Trinajstić information content (AvgIpc) is 2.58. The van der Waals surface area contributed by atoms with E-state index in [1.54, 1.807) is 0 Å². The second-order valence-corrected chi connectivity index (χ2v) is 9.20. The Balaban J connectivity index is 1.59. The number of benzene rings is 1. The van der Waals surface area contributed by atoms with Gasteiger partial charge >= 0.3 is 0 Å². The normalized spacial score (nSPS) is 40.0. The summed E-state index contributed by atoms with van der Waals surface area (Å²) in [7, 11) is 0. The number of nitrogens with two attached hydrogens (primary N) is 1. The van der Waals surface area contributed by atoms with Gasteiger partial charge in [-0.1, -0.05) is 30.3 Å². The molecule has 3 N–H and O–H groups in total. The van der Waals surface area contributed by atoms with Crippen LogP contribution in [0.4, 0.5) is 0 Å². The van der Waals surface area contributed by atoms with E-state index in [0.717, 1.165) is 19.3 Å². The maximum absolute atomic E-state index is 13.5. The molecule has 140 valence electrons. The van der Waals surface area contributed by atoms with Crippen LogP contribution in [0.25, 0.3) is 0 Å². The lowest BCUT2D eigenvalue weighted by atomic mass is 9.49. The summed E-state index contributed by atoms with van der Waals surface area (Å²) in [6.45, 7) is 2.30. The van der Waals surface area contributed by atoms with Gasteiger partial charge in [0.1, 0.15) is 0 Å². The molecule has 0 radical (unpaired) electrons. The minimum absolute atomic E-state index is 0.00958. The van der Waals surface area contributed by atoms with Gasteiger partial charge < -0.3 is 15.6 Å². The van der Waals surface area contributed by atoms with Gasteiger partial charge in [-0.15, -0.1) is 0 Å². The van der Waals surface area contributed by atoms with E-state index in [9.17, 15) is 9.90 Å². The van der Waals surface area contributed by atoms with Crippen LogP contribution >= 0.6 is 0 Å². The first-order valence-corrected chi connectivity index (χ1v) is 9.85. The van der Waals surface area contributed by atoms with E-state index < -0.39 is 11.1 Å². The fourth-order valence-corrected chi connectivity index (χ4v) is 6.41. The number of nitrogens with zero attached hydrogens (tertiary/aromatic N) is 1. The highest BCUT2D eigenvalue weighted by Gasteiger charge is 2.67. The largest absolute Gasteiger partial charge is 0.390 e. The second-order valence-electron chi connectivity index (χ2n) is 9.20. The molecular formula is C21H28N2O3. The zero-order valence-electron chi connectivity index (χ0n) is 15.2. The van der Waals surface area contributed by atoms with Crippen LogP contribution in [0, 0.1) is 11.8 Å². The topological polar surface area (TPSA) is 75.8 Å². The molecule has 5 fully saturated rings. The van der Waals surface area contributed by atoms with Gasteiger partial charge in [-0.05, 0) is 37.2 Å². The van der Waals surface area contributed by atoms with Gasteiger partial charge in [0.25, 0.3) is 0 Å². The molecule has 5 heteroatoms. The highest BCUT2D eigenvalue weighted by molar-refractivity contribution is 5.93. The molecular weight excluding hydrogens is 328 g/mol. The molecule has 0 amide bonds. The smallest absolute Gasteiger partial charge is 0.156 e. The van der Waals surface area contributed by atoms with Crippen molar-refractivity contribution in [3.63, 3.8) is 0 Å². The highest BCUT2D eigenvalue weighted by Crippen LogP contribution is 2.59. The van der Waals surface area contributed by atoms with Crippen LogP contribution in [0.5, 0.6) is 0 Å². The average molecular weight is 356 g/mol. The highest BCUT2D eigenvalue weighted by atomic mass is 16.5. The first kappa shape index (κ1) is 16.9. The Morgan fingerprint density at radius 1 is 1.19 bits per heavy atom. The summed E-state index contributed by atoms with van der Waals surface area (Å²) in [6.07, 6.45) is 3.87. The van der Waals surface area contributed by atoms with Crippen molar-refractivity contribution >= 4 is 5.78 Å². The molecule has 5 aliphatic rings. The number of aliphatic hydroxyl groups is 1. The lowest BCUT2D eigenvalue weighted by Crippen LogP contribution is -2.79. The zero-order valence-corrected chi connectivity index (χ0v) is 15.2. The van der Waals surface area contributed by atoms with Crippen molar-refractivity contribution in [3.05, 3.63) is 35.9 Å². The number of ketones is 1. The summed E-state index contributed by atoms with van der Waals surface area (Å²) in [6, 6.07) is 10.3. The molecule has 0 spiro atoms. The van der Waals surface area contributed by atoms with Crippen molar-refractivity contribution in [2.24, 2.45) is 17.6 Å². The predicted molar refractivity (Wildman–Crippen MR) is 97.3 cm³/mol. The van der Waals surface area contributed by atoms with Crippen molar-refractivity contribution < 1.29 is 14.6 Å². The molecule has 4 unspecified atom stereocenters. The lowest BCUT2D eigenvalue weighted by Gasteiger charge is -2.66. The van der Waals surface area contributed by atoms with Crippen LogP contribution in [0.15, 0.2) is 30.3 Å². The molecule has 4 bridgehead atoms. The van der Waals surface area contributed by atoms with E-state index in [2.05, 4.69) is 17.0 Å². The van der Waals surface area contributed by atoms with Crippen molar-refractivity contribution in [2.75, 3.05) is 19.8 Å². The fraction of sp³-hybridized carbons (Fsp3) is 0.667. The fourth-order valence-electron chi connectivity index (χ4n) is 6.41. The van der Waals surface area contributed by atoms with Crippen molar-refractivity contribution in [2.45, 2.75) is 55.3 Å². The standard InChI is InChI=1S/C21H28N2O3/c22-12-19(13-26-14-19)23(10-15-4-2-1-3-5-15)21-8-16-6-17(18(21)24)9-20(25,7-16)11-21/h1-5,16-17,25H,6-14,22H2. The van der Waals surface area contributed by atoms with Crippen molar-refractivity contribution in [1.82, 2.24) is 4.90 Å². The molecule has 6 rings (SSSR count). The molecule has 1 heterocycles. The van der Waals surface area contributed by atoms with Crippen LogP contribution in [-0.2, 0) is 16.1 Å². The van der Waals surface area contributed by atoms with Crippen molar-refractivity contribution in [1.29, 1.82) is 0 Å². The summed E-state index contributed by atoms with van der Waals surface area (Å²) in [5.74, 6) is 0.795. The van der Waals surface area contributed by atoms with Gasteiger partial charge in [0, 0.05) is 25.4 Å². The maximum atomic E-state index is 13.5. The molecule has 0 aromatic heterocycles. The monoisotopic (exact) mass is 356 g/mol. The Labute approximate surface area is 154 Å². The molecule has 4 saturated carbocycles. The van der Waals surface area contributed by atoms with Crippen LogP contribution in [0.3, 0.4) is 0 Å². The number of rotatable bonds is 5. The molecule has 1 aromatic carbocycles. The van der Waals surface area contributed by atoms with Gasteiger partial charge in [-0.25, -0.2) is 0 Å². The van der Waals surface area contributed by atoms with E-state index in [1.165, 1.54) is 5.56 Å². The molecule has 4 atom stereocenters. The molecule has 1 aromatic rings. The van der Waals surface area contributed by atoms with E-state index in [4.69, 9.17) is 10.5 Å². The molecule has 4 aliphatic carbocycles. The summed E-state index contributed by atoms with van der Waals surface area (Å²) < 4.78 is 5.58. The molecule has 26 heavy (non-hydrogen) atoms. The first-order valence-electron chi connectivity index (χ1n) is 9.85. The zero-order chi connectivity index (χ0) is 18.0. The summed E-state index contributed by atoms with van der Waals surface area (Å²) in [4.78, 5) is 15.9. The Kier molecular flexibility index (Phi) is 3.64. The molecule has 1 aliphatic heterocycles. The Morgan fingerprint density at radius 2 is 1.96 bits per heavy atom. The van der Waals surface area contributed by atoms with Crippen LogP contribution < -0.4 is 5.73 Å². The number of carbonyl (C=O) groups is 1. The lowest BCUT2D eigenvalue weighted by molar-refractivity contribution is -0.227. The Morgan fingerprint density at radius 3 is 2.58 bits per heavy atom. The summed E-state index contributed by atoms with van der Waals surface area (Å²) in [5, 5.41) is 11.2. The predicted octanol–water partition coefficient (Wildman–Crippen LogP) is 1.48. The maximum Gasteiger partial charge on any atom is 0.156 e. The molecule has 5 nitrogen and oxygen atoms in total. The SMILES string of the molecule is NCC1(N(Cc2ccccc2)C23CC4CC(CC(O)(C4)C2)C3=O)COC1. The third-order valence-electron chi connectivity index (χ3n) is 7.38. The number of ether oxygens (including phenoxy) is 1. The van der Waals surface area contributed by atoms with E-state index >= 15 is 0 Å². The quantitative estimate of drug-likeness (QED) is 0.836. The Bertz CT molecular complexity index is 714. The summed E-state index contributed by atoms with van der Waals surface area (Å²) in [5.41, 5.74) is 5.84. The van der Waals surface area contributed by atoms with Gasteiger partial charge in [0.05, 0.1) is 29.9 Å². The minimum atomic E-state index is -0.685. The van der Waals surface area contributed by atoms with Crippen molar-refractivity contribution in [3.8, 4) is 0 Å². The van der Waals surface area contributed by atoms with E-state index in [0.29, 0.717) is 50.8 Å². The van der Waals surface area contributed by atoms with Gasteiger partial charge in [0.15, 0.2) is 5.78 Å². The minimum Gasteiger partial charge on any atom is -0.390 e. The number of Topliss-reactive ketones (excluding diaryl/α,β-unsaturated/α-hetero) is 1. The first-order chi connectivity index (χ1) is 12.5. The number of hydrogen-bond donors (Lipinski definition) is 2. The number of hydrogen-bond acceptors (Lipinski definition) is 5. The molecule has 1 saturated heterocycles. The number of carbonyl (C=O) groups excluding carboxylic acids is 1. The van der Waals surface area contributed by atoms with E-state index in [1.807, 2.05) is 18.2 Å². The van der Waals surface area contributed by atoms with Gasteiger partial charge in [-0.3, -0.25) is 9.69 Å². The second kappa shape index (κ2) is 5.61. The Hall–Kier alpha value is -1.27. The van der Waals surface area contributed by atoms with Gasteiger partial charge in [0.2, 0.25) is 0 Å². The summed E-state index contributed by atoms with van der Waals surface area (Å²) >= 11 is 0. The van der Waals surface area contributed by atoms with Gasteiger partial charge in [-0.2, -0.15) is 0 Å². The third kappa shape index (κ3) is 2.27. The third-order valence-corrected chi connectivity index (χ3v) is 7.38.